The lowest BCUT2D eigenvalue weighted by Crippen LogP contribution is -2.05. The van der Waals surface area contributed by atoms with Crippen LogP contribution in [0.2, 0.25) is 0 Å². The number of hydrogen-bond donors (Lipinski definition) is 0. The summed E-state index contributed by atoms with van der Waals surface area (Å²) in [6.45, 7) is 4.84. The van der Waals surface area contributed by atoms with Crippen LogP contribution in [0.15, 0.2) is 29.2 Å². The van der Waals surface area contributed by atoms with Crippen LogP contribution in [-0.2, 0) is 9.84 Å². The second kappa shape index (κ2) is 13.2. The fraction of sp³-hybridized carbons (Fsp3) is 0.714. The van der Waals surface area contributed by atoms with Crippen LogP contribution in [0.3, 0.4) is 0 Å². The van der Waals surface area contributed by atoms with Gasteiger partial charge in [-0.3, -0.25) is 0 Å². The number of ether oxygens (including phenoxy) is 1. The maximum Gasteiger partial charge on any atom is 0.178 e. The van der Waals surface area contributed by atoms with Crippen molar-refractivity contribution in [3.8, 4) is 5.75 Å². The molecule has 0 aromatic heterocycles. The van der Waals surface area contributed by atoms with E-state index < -0.39 is 9.84 Å². The zero-order valence-corrected chi connectivity index (χ0v) is 17.0. The van der Waals surface area contributed by atoms with Gasteiger partial charge in [0.2, 0.25) is 0 Å². The molecule has 0 unspecified atom stereocenters. The highest BCUT2D eigenvalue weighted by molar-refractivity contribution is 7.91. The van der Waals surface area contributed by atoms with Crippen LogP contribution in [-0.4, -0.2) is 20.8 Å². The Hall–Kier alpha value is -1.03. The second-order valence-corrected chi connectivity index (χ2v) is 8.93. The lowest BCUT2D eigenvalue weighted by molar-refractivity contribution is 0.304. The van der Waals surface area contributed by atoms with Gasteiger partial charge in [-0.1, -0.05) is 71.6 Å². The molecule has 0 saturated carbocycles. The summed E-state index contributed by atoms with van der Waals surface area (Å²) in [5, 5.41) is 0. The largest absolute Gasteiger partial charge is 0.494 e. The molecule has 0 aliphatic rings. The molecule has 4 heteroatoms. The van der Waals surface area contributed by atoms with Crippen molar-refractivity contribution in [2.24, 2.45) is 0 Å². The minimum Gasteiger partial charge on any atom is -0.494 e. The van der Waals surface area contributed by atoms with E-state index in [0.29, 0.717) is 17.9 Å². The Labute approximate surface area is 155 Å². The zero-order chi connectivity index (χ0) is 18.4. The molecule has 0 atom stereocenters. The molecule has 0 amide bonds. The minimum absolute atomic E-state index is 0.200. The summed E-state index contributed by atoms with van der Waals surface area (Å²) in [5.74, 6) is 0.956. The lowest BCUT2D eigenvalue weighted by atomic mass is 10.1. The van der Waals surface area contributed by atoms with E-state index in [9.17, 15) is 8.42 Å². The van der Waals surface area contributed by atoms with Gasteiger partial charge in [0.25, 0.3) is 0 Å². The molecule has 0 N–H and O–H groups in total. The number of rotatable bonds is 15. The Kier molecular flexibility index (Phi) is 11.6. The van der Waals surface area contributed by atoms with Gasteiger partial charge in [0.05, 0.1) is 17.3 Å². The van der Waals surface area contributed by atoms with Crippen molar-refractivity contribution in [1.82, 2.24) is 0 Å². The third-order valence-electron chi connectivity index (χ3n) is 4.42. The Balaban J connectivity index is 2.09. The highest BCUT2D eigenvalue weighted by Gasteiger charge is 2.12. The van der Waals surface area contributed by atoms with E-state index in [2.05, 4.69) is 6.92 Å². The van der Waals surface area contributed by atoms with E-state index in [1.807, 2.05) is 6.92 Å². The fourth-order valence-electron chi connectivity index (χ4n) is 2.91. The van der Waals surface area contributed by atoms with Gasteiger partial charge in [-0.15, -0.1) is 0 Å². The summed E-state index contributed by atoms with van der Waals surface area (Å²) in [4.78, 5) is 0.389. The van der Waals surface area contributed by atoms with Crippen LogP contribution in [0.4, 0.5) is 0 Å². The summed E-state index contributed by atoms with van der Waals surface area (Å²) in [6, 6.07) is 6.83. The molecule has 1 aromatic rings. The third-order valence-corrected chi connectivity index (χ3v) is 6.36. The zero-order valence-electron chi connectivity index (χ0n) is 16.1. The molecule has 0 spiro atoms. The second-order valence-electron chi connectivity index (χ2n) is 6.82. The Morgan fingerprint density at radius 2 is 1.24 bits per heavy atom. The normalized spacial score (nSPS) is 11.6. The van der Waals surface area contributed by atoms with Gasteiger partial charge in [-0.05, 0) is 37.1 Å². The Bertz CT molecular complexity index is 535. The van der Waals surface area contributed by atoms with Crippen molar-refractivity contribution in [3.63, 3.8) is 0 Å². The number of hydrogen-bond acceptors (Lipinski definition) is 3. The highest BCUT2D eigenvalue weighted by Crippen LogP contribution is 2.18. The van der Waals surface area contributed by atoms with Crippen LogP contribution in [0.1, 0.15) is 84.5 Å². The topological polar surface area (TPSA) is 43.4 Å². The van der Waals surface area contributed by atoms with E-state index in [1.54, 1.807) is 24.3 Å². The summed E-state index contributed by atoms with van der Waals surface area (Å²) in [5.41, 5.74) is 0. The van der Waals surface area contributed by atoms with E-state index >= 15 is 0 Å². The molecule has 0 saturated heterocycles. The molecule has 1 aromatic carbocycles. The fourth-order valence-corrected chi connectivity index (χ4v) is 4.23. The standard InChI is InChI=1S/C21H36O3S/c1-3-5-6-7-8-9-10-11-12-13-18-24-20-14-16-21(17-15-20)25(22,23)19-4-2/h14-17H,3-13,18-19H2,1-2H3. The van der Waals surface area contributed by atoms with Crippen molar-refractivity contribution in [3.05, 3.63) is 24.3 Å². The minimum atomic E-state index is -3.13. The van der Waals surface area contributed by atoms with Gasteiger partial charge in [-0.2, -0.15) is 0 Å². The SMILES string of the molecule is CCCCCCCCCCCCOc1ccc(S(=O)(=O)CCC)cc1. The van der Waals surface area contributed by atoms with Crippen molar-refractivity contribution in [2.45, 2.75) is 89.4 Å². The molecular formula is C21H36O3S. The summed E-state index contributed by atoms with van der Waals surface area (Å²) in [6.07, 6.45) is 13.7. The van der Waals surface area contributed by atoms with Crippen LogP contribution in [0.5, 0.6) is 5.75 Å². The third kappa shape index (κ3) is 9.88. The molecule has 25 heavy (non-hydrogen) atoms. The quantitative estimate of drug-likeness (QED) is 0.348. The first-order chi connectivity index (χ1) is 12.1. The first-order valence-corrected chi connectivity index (χ1v) is 11.7. The molecule has 0 heterocycles. The van der Waals surface area contributed by atoms with Crippen molar-refractivity contribution in [2.75, 3.05) is 12.4 Å². The van der Waals surface area contributed by atoms with Crippen molar-refractivity contribution >= 4 is 9.84 Å². The van der Waals surface area contributed by atoms with E-state index in [4.69, 9.17) is 4.74 Å². The average Bonchev–Trinajstić information content (AvgIpc) is 2.60. The first kappa shape index (κ1) is 22.0. The van der Waals surface area contributed by atoms with E-state index in [0.717, 1.165) is 12.2 Å². The van der Waals surface area contributed by atoms with Gasteiger partial charge < -0.3 is 4.74 Å². The van der Waals surface area contributed by atoms with Gasteiger partial charge in [0.15, 0.2) is 9.84 Å². The van der Waals surface area contributed by atoms with E-state index in [1.165, 1.54) is 57.8 Å². The van der Waals surface area contributed by atoms with E-state index in [-0.39, 0.29) is 5.75 Å². The summed E-state index contributed by atoms with van der Waals surface area (Å²) in [7, 11) is -3.13. The van der Waals surface area contributed by atoms with Crippen molar-refractivity contribution in [1.29, 1.82) is 0 Å². The number of sulfone groups is 1. The van der Waals surface area contributed by atoms with Gasteiger partial charge >= 0.3 is 0 Å². The van der Waals surface area contributed by atoms with Crippen LogP contribution in [0, 0.1) is 0 Å². The molecule has 1 rings (SSSR count). The maximum absolute atomic E-state index is 12.0. The predicted octanol–water partition coefficient (Wildman–Crippen LogP) is 6.17. The molecular weight excluding hydrogens is 332 g/mol. The monoisotopic (exact) mass is 368 g/mol. The summed E-state index contributed by atoms with van der Waals surface area (Å²) < 4.78 is 29.6. The van der Waals surface area contributed by atoms with Crippen LogP contribution >= 0.6 is 0 Å². The molecule has 0 aliphatic carbocycles. The first-order valence-electron chi connectivity index (χ1n) is 10.1. The maximum atomic E-state index is 12.0. The molecule has 0 fully saturated rings. The molecule has 0 bridgehead atoms. The average molecular weight is 369 g/mol. The van der Waals surface area contributed by atoms with Crippen LogP contribution < -0.4 is 4.74 Å². The molecule has 0 aliphatic heterocycles. The van der Waals surface area contributed by atoms with Gasteiger partial charge in [-0.25, -0.2) is 8.42 Å². The van der Waals surface area contributed by atoms with Crippen LogP contribution in [0.25, 0.3) is 0 Å². The number of benzene rings is 1. The highest BCUT2D eigenvalue weighted by atomic mass is 32.2. The molecule has 3 nitrogen and oxygen atoms in total. The number of unbranched alkanes of at least 4 members (excludes halogenated alkanes) is 9. The lowest BCUT2D eigenvalue weighted by Gasteiger charge is -2.08. The predicted molar refractivity (Wildman–Crippen MR) is 106 cm³/mol. The van der Waals surface area contributed by atoms with Crippen molar-refractivity contribution < 1.29 is 13.2 Å². The molecule has 144 valence electrons. The smallest absolute Gasteiger partial charge is 0.178 e. The van der Waals surface area contributed by atoms with Gasteiger partial charge in [0, 0.05) is 0 Å². The summed E-state index contributed by atoms with van der Waals surface area (Å²) >= 11 is 0. The molecule has 0 radical (unpaired) electrons. The Morgan fingerprint density at radius 1 is 0.720 bits per heavy atom. The Morgan fingerprint density at radius 3 is 1.76 bits per heavy atom. The van der Waals surface area contributed by atoms with Gasteiger partial charge in [0.1, 0.15) is 5.75 Å².